The molecule has 0 fully saturated rings. The summed E-state index contributed by atoms with van der Waals surface area (Å²) in [7, 11) is 0. The van der Waals surface area contributed by atoms with Crippen molar-refractivity contribution in [2.45, 2.75) is 13.3 Å². The molecule has 0 radical (unpaired) electrons. The number of hydrogen-bond acceptors (Lipinski definition) is 2. The number of halogens is 2. The summed E-state index contributed by atoms with van der Waals surface area (Å²) < 4.78 is 31.5. The number of rotatable bonds is 2. The molecule has 1 aromatic heterocycles. The summed E-state index contributed by atoms with van der Waals surface area (Å²) in [5.41, 5.74) is 3.19. The van der Waals surface area contributed by atoms with E-state index in [1.165, 1.54) is 6.07 Å². The Bertz CT molecular complexity index is 749. The summed E-state index contributed by atoms with van der Waals surface area (Å²) in [5.74, 6) is -1.21. The van der Waals surface area contributed by atoms with Crippen molar-refractivity contribution in [2.24, 2.45) is 0 Å². The minimum absolute atomic E-state index is 0.338. The zero-order valence-electron chi connectivity index (χ0n) is 10.3. The summed E-state index contributed by atoms with van der Waals surface area (Å²) in [6, 6.07) is 9.53. The fourth-order valence-corrected chi connectivity index (χ4v) is 1.98. The van der Waals surface area contributed by atoms with Gasteiger partial charge < -0.3 is 4.42 Å². The van der Waals surface area contributed by atoms with E-state index in [0.717, 1.165) is 23.2 Å². The molecule has 0 aliphatic rings. The molecule has 0 aliphatic heterocycles. The van der Waals surface area contributed by atoms with Crippen LogP contribution >= 0.6 is 0 Å². The number of oxazole rings is 1. The largest absolute Gasteiger partial charge is 0.440 e. The highest BCUT2D eigenvalue weighted by molar-refractivity contribution is 5.73. The Hall–Kier alpha value is -2.23. The third-order valence-electron chi connectivity index (χ3n) is 2.93. The van der Waals surface area contributed by atoms with Crippen molar-refractivity contribution in [2.75, 3.05) is 0 Å². The number of benzene rings is 2. The van der Waals surface area contributed by atoms with E-state index in [2.05, 4.69) is 4.98 Å². The second-order valence-electron chi connectivity index (χ2n) is 4.50. The van der Waals surface area contributed by atoms with E-state index in [1.54, 1.807) is 0 Å². The van der Waals surface area contributed by atoms with E-state index in [9.17, 15) is 8.78 Å². The average Bonchev–Trinajstić information content (AvgIpc) is 2.75. The molecule has 0 N–H and O–H groups in total. The van der Waals surface area contributed by atoms with Gasteiger partial charge in [0.25, 0.3) is 0 Å². The summed E-state index contributed by atoms with van der Waals surface area (Å²) in [5, 5.41) is 0. The van der Waals surface area contributed by atoms with Gasteiger partial charge in [0.05, 0.1) is 0 Å². The van der Waals surface area contributed by atoms with Gasteiger partial charge in [-0.15, -0.1) is 0 Å². The van der Waals surface area contributed by atoms with E-state index in [0.29, 0.717) is 23.5 Å². The quantitative estimate of drug-likeness (QED) is 0.695. The lowest BCUT2D eigenvalue weighted by Crippen LogP contribution is -1.91. The molecule has 0 saturated carbocycles. The van der Waals surface area contributed by atoms with Crippen molar-refractivity contribution in [3.63, 3.8) is 0 Å². The molecule has 0 amide bonds. The fraction of sp³-hybridized carbons (Fsp3) is 0.133. The molecule has 0 atom stereocenters. The van der Waals surface area contributed by atoms with E-state index in [4.69, 9.17) is 4.42 Å². The molecule has 0 spiro atoms. The molecule has 0 bridgehead atoms. The summed E-state index contributed by atoms with van der Waals surface area (Å²) in [4.78, 5) is 4.32. The first-order chi connectivity index (χ1) is 9.11. The van der Waals surface area contributed by atoms with Crippen LogP contribution in [0, 0.1) is 18.6 Å². The monoisotopic (exact) mass is 259 g/mol. The van der Waals surface area contributed by atoms with E-state index < -0.39 is 11.6 Å². The number of aromatic nitrogens is 1. The standard InChI is InChI=1S/C15H11F2NO/c1-9-2-5-13-14(6-9)19-15(18-13)8-10-3-4-11(16)12(17)7-10/h2-7H,8H2,1H3. The zero-order chi connectivity index (χ0) is 13.4. The van der Waals surface area contributed by atoms with Gasteiger partial charge in [-0.1, -0.05) is 12.1 Å². The van der Waals surface area contributed by atoms with Crippen LogP contribution in [-0.2, 0) is 6.42 Å². The van der Waals surface area contributed by atoms with Gasteiger partial charge in [0, 0.05) is 6.42 Å². The molecule has 3 aromatic rings. The van der Waals surface area contributed by atoms with Gasteiger partial charge in [0.2, 0.25) is 0 Å². The summed E-state index contributed by atoms with van der Waals surface area (Å²) >= 11 is 0. The Morgan fingerprint density at radius 2 is 1.89 bits per heavy atom. The van der Waals surface area contributed by atoms with Crippen LogP contribution in [0.5, 0.6) is 0 Å². The third-order valence-corrected chi connectivity index (χ3v) is 2.93. The number of fused-ring (bicyclic) bond motifs is 1. The highest BCUT2D eigenvalue weighted by Gasteiger charge is 2.09. The second kappa shape index (κ2) is 4.46. The summed E-state index contributed by atoms with van der Waals surface area (Å²) in [6.07, 6.45) is 0.338. The molecule has 0 saturated heterocycles. The lowest BCUT2D eigenvalue weighted by Gasteiger charge is -1.98. The molecular formula is C15H11F2NO. The van der Waals surface area contributed by atoms with Gasteiger partial charge in [-0.3, -0.25) is 0 Å². The van der Waals surface area contributed by atoms with Gasteiger partial charge in [0.1, 0.15) is 5.52 Å². The second-order valence-corrected chi connectivity index (χ2v) is 4.50. The van der Waals surface area contributed by atoms with Crippen LogP contribution in [-0.4, -0.2) is 4.98 Å². The predicted octanol–water partition coefficient (Wildman–Crippen LogP) is 4.01. The molecule has 1 heterocycles. The average molecular weight is 259 g/mol. The van der Waals surface area contributed by atoms with Crippen LogP contribution in [0.15, 0.2) is 40.8 Å². The van der Waals surface area contributed by atoms with Gasteiger partial charge in [0.15, 0.2) is 23.1 Å². The smallest absolute Gasteiger partial charge is 0.199 e. The Kier molecular flexibility index (Phi) is 2.78. The maximum Gasteiger partial charge on any atom is 0.199 e. The highest BCUT2D eigenvalue weighted by atomic mass is 19.2. The third kappa shape index (κ3) is 2.34. The van der Waals surface area contributed by atoms with Crippen molar-refractivity contribution < 1.29 is 13.2 Å². The normalized spacial score (nSPS) is 11.1. The van der Waals surface area contributed by atoms with Gasteiger partial charge in [-0.05, 0) is 42.3 Å². The molecule has 0 unspecified atom stereocenters. The van der Waals surface area contributed by atoms with Crippen molar-refractivity contribution in [3.05, 3.63) is 65.1 Å². The van der Waals surface area contributed by atoms with Crippen LogP contribution in [0.25, 0.3) is 11.1 Å². The minimum atomic E-state index is -0.857. The number of nitrogens with zero attached hydrogens (tertiary/aromatic N) is 1. The van der Waals surface area contributed by atoms with E-state index in [1.807, 2.05) is 25.1 Å². The molecule has 0 aliphatic carbocycles. The lowest BCUT2D eigenvalue weighted by atomic mass is 10.1. The maximum atomic E-state index is 13.1. The topological polar surface area (TPSA) is 26.0 Å². The van der Waals surface area contributed by atoms with Gasteiger partial charge in [-0.25, -0.2) is 13.8 Å². The molecular weight excluding hydrogens is 248 g/mol. The first kappa shape index (κ1) is 11.8. The SMILES string of the molecule is Cc1ccc2nc(Cc3ccc(F)c(F)c3)oc2c1. The molecule has 2 nitrogen and oxygen atoms in total. The number of aryl methyl sites for hydroxylation is 1. The first-order valence-electron chi connectivity index (χ1n) is 5.92. The first-order valence-corrected chi connectivity index (χ1v) is 5.92. The fourth-order valence-electron chi connectivity index (χ4n) is 1.98. The molecule has 4 heteroatoms. The Labute approximate surface area is 108 Å². The van der Waals surface area contributed by atoms with Crippen LogP contribution in [0.4, 0.5) is 8.78 Å². The molecule has 3 rings (SSSR count). The van der Waals surface area contributed by atoms with Crippen molar-refractivity contribution >= 4 is 11.1 Å². The van der Waals surface area contributed by atoms with Gasteiger partial charge in [-0.2, -0.15) is 0 Å². The Balaban J connectivity index is 1.94. The maximum absolute atomic E-state index is 13.1. The Morgan fingerprint density at radius 3 is 2.68 bits per heavy atom. The van der Waals surface area contributed by atoms with Crippen molar-refractivity contribution in [1.82, 2.24) is 4.98 Å². The van der Waals surface area contributed by atoms with E-state index >= 15 is 0 Å². The lowest BCUT2D eigenvalue weighted by molar-refractivity contribution is 0.505. The predicted molar refractivity (Wildman–Crippen MR) is 67.9 cm³/mol. The van der Waals surface area contributed by atoms with Crippen LogP contribution in [0.1, 0.15) is 17.0 Å². The zero-order valence-corrected chi connectivity index (χ0v) is 10.3. The minimum Gasteiger partial charge on any atom is -0.440 e. The molecule has 19 heavy (non-hydrogen) atoms. The van der Waals surface area contributed by atoms with E-state index in [-0.39, 0.29) is 0 Å². The highest BCUT2D eigenvalue weighted by Crippen LogP contribution is 2.19. The molecule has 2 aromatic carbocycles. The number of hydrogen-bond donors (Lipinski definition) is 0. The summed E-state index contributed by atoms with van der Waals surface area (Å²) in [6.45, 7) is 1.97. The van der Waals surface area contributed by atoms with Crippen LogP contribution < -0.4 is 0 Å². The van der Waals surface area contributed by atoms with Crippen molar-refractivity contribution in [3.8, 4) is 0 Å². The molecule has 96 valence electrons. The van der Waals surface area contributed by atoms with Crippen molar-refractivity contribution in [1.29, 1.82) is 0 Å². The van der Waals surface area contributed by atoms with Gasteiger partial charge >= 0.3 is 0 Å². The Morgan fingerprint density at radius 1 is 1.05 bits per heavy atom. The van der Waals surface area contributed by atoms with Crippen LogP contribution in [0.3, 0.4) is 0 Å². The van der Waals surface area contributed by atoms with Crippen LogP contribution in [0.2, 0.25) is 0 Å².